The van der Waals surface area contributed by atoms with Gasteiger partial charge in [0, 0.05) is 18.6 Å². The average molecular weight is 255 g/mol. The van der Waals surface area contributed by atoms with Gasteiger partial charge in [-0.05, 0) is 32.6 Å². The molecule has 0 bridgehead atoms. The van der Waals surface area contributed by atoms with Crippen LogP contribution in [0.3, 0.4) is 0 Å². The highest BCUT2D eigenvalue weighted by atomic mass is 16.2. The first-order valence-electron chi connectivity index (χ1n) is 6.75. The Morgan fingerprint density at radius 3 is 2.50 bits per heavy atom. The van der Waals surface area contributed by atoms with E-state index in [9.17, 15) is 9.59 Å². The fraction of sp³-hybridized carbons (Fsp3) is 0.846. The minimum atomic E-state index is -0.140. The van der Waals surface area contributed by atoms with E-state index in [0.717, 1.165) is 19.4 Å². The molecule has 1 fully saturated rings. The lowest BCUT2D eigenvalue weighted by atomic mass is 10.0. The molecule has 3 amide bonds. The number of carbonyl (C=O) groups is 2. The number of likely N-dealkylation sites (tertiary alicyclic amines) is 1. The third-order valence-corrected chi connectivity index (χ3v) is 3.18. The third kappa shape index (κ3) is 4.20. The summed E-state index contributed by atoms with van der Waals surface area (Å²) >= 11 is 0. The second-order valence-corrected chi connectivity index (χ2v) is 5.53. The molecule has 104 valence electrons. The second-order valence-electron chi connectivity index (χ2n) is 5.53. The van der Waals surface area contributed by atoms with Crippen LogP contribution in [0.25, 0.3) is 0 Å². The maximum atomic E-state index is 12.0. The lowest BCUT2D eigenvalue weighted by molar-refractivity contribution is -0.120. The summed E-state index contributed by atoms with van der Waals surface area (Å²) in [4.78, 5) is 25.3. The zero-order valence-corrected chi connectivity index (χ0v) is 11.8. The van der Waals surface area contributed by atoms with Crippen LogP contribution in [0.1, 0.15) is 40.5 Å². The van der Waals surface area contributed by atoms with E-state index in [1.165, 1.54) is 0 Å². The number of rotatable bonds is 4. The summed E-state index contributed by atoms with van der Waals surface area (Å²) in [6.45, 7) is 8.90. The monoisotopic (exact) mass is 255 g/mol. The maximum Gasteiger partial charge on any atom is 0.318 e. The van der Waals surface area contributed by atoms with E-state index in [0.29, 0.717) is 12.0 Å². The topological polar surface area (TPSA) is 61.4 Å². The van der Waals surface area contributed by atoms with E-state index in [2.05, 4.69) is 24.5 Å². The molecular formula is C13H25N3O2. The first kappa shape index (κ1) is 14.8. The number of hydrogen-bond acceptors (Lipinski definition) is 2. The Hall–Kier alpha value is -1.26. The van der Waals surface area contributed by atoms with E-state index in [1.54, 1.807) is 0 Å². The van der Waals surface area contributed by atoms with Gasteiger partial charge >= 0.3 is 6.03 Å². The Kier molecular flexibility index (Phi) is 5.44. The van der Waals surface area contributed by atoms with E-state index in [1.807, 2.05) is 18.7 Å². The Morgan fingerprint density at radius 1 is 1.28 bits per heavy atom. The smallest absolute Gasteiger partial charge is 0.318 e. The molecule has 5 heteroatoms. The molecule has 5 nitrogen and oxygen atoms in total. The molecule has 0 aliphatic carbocycles. The van der Waals surface area contributed by atoms with Crippen LogP contribution in [0.2, 0.25) is 0 Å². The predicted molar refractivity (Wildman–Crippen MR) is 71.2 cm³/mol. The summed E-state index contributed by atoms with van der Waals surface area (Å²) in [5.74, 6) is 0.321. The standard InChI is InChI=1S/C13H25N3O2/c1-9(2)11-6-5-7-16(11)13(18)14-8-12(17)15-10(3)4/h9-11H,5-8H2,1-4H3,(H,14,18)(H,15,17). The highest BCUT2D eigenvalue weighted by Crippen LogP contribution is 2.23. The molecule has 0 saturated carbocycles. The first-order valence-corrected chi connectivity index (χ1v) is 6.75. The molecule has 0 aromatic heterocycles. The first-order chi connectivity index (χ1) is 8.41. The van der Waals surface area contributed by atoms with Crippen molar-refractivity contribution in [3.8, 4) is 0 Å². The van der Waals surface area contributed by atoms with Crippen LogP contribution >= 0.6 is 0 Å². The van der Waals surface area contributed by atoms with Gasteiger partial charge < -0.3 is 15.5 Å². The number of nitrogens with one attached hydrogen (secondary N) is 2. The van der Waals surface area contributed by atoms with E-state index < -0.39 is 0 Å². The molecule has 1 atom stereocenters. The fourth-order valence-corrected chi connectivity index (χ4v) is 2.37. The molecule has 1 aliphatic rings. The summed E-state index contributed by atoms with van der Waals surface area (Å²) < 4.78 is 0. The summed E-state index contributed by atoms with van der Waals surface area (Å²) in [5, 5.41) is 5.44. The molecule has 1 saturated heterocycles. The molecule has 0 aromatic rings. The lowest BCUT2D eigenvalue weighted by Crippen LogP contribution is -2.48. The molecule has 1 rings (SSSR count). The number of amides is 3. The van der Waals surface area contributed by atoms with Crippen molar-refractivity contribution in [3.05, 3.63) is 0 Å². The average Bonchev–Trinajstić information content (AvgIpc) is 2.73. The van der Waals surface area contributed by atoms with Gasteiger partial charge in [-0.3, -0.25) is 4.79 Å². The van der Waals surface area contributed by atoms with Gasteiger partial charge in [-0.25, -0.2) is 4.79 Å². The van der Waals surface area contributed by atoms with Crippen molar-refractivity contribution >= 4 is 11.9 Å². The van der Waals surface area contributed by atoms with E-state index in [-0.39, 0.29) is 24.5 Å². The van der Waals surface area contributed by atoms with Crippen molar-refractivity contribution in [1.82, 2.24) is 15.5 Å². The van der Waals surface area contributed by atoms with Crippen LogP contribution in [0, 0.1) is 5.92 Å². The Morgan fingerprint density at radius 2 is 1.94 bits per heavy atom. The SMILES string of the molecule is CC(C)NC(=O)CNC(=O)N1CCCC1C(C)C. The Balaban J connectivity index is 2.38. The Bertz CT molecular complexity index is 303. The van der Waals surface area contributed by atoms with Gasteiger partial charge in [0.15, 0.2) is 0 Å². The zero-order valence-electron chi connectivity index (χ0n) is 11.8. The van der Waals surface area contributed by atoms with Gasteiger partial charge in [0.25, 0.3) is 0 Å². The summed E-state index contributed by atoms with van der Waals surface area (Å²) in [6, 6.07) is 0.285. The minimum absolute atomic E-state index is 0.0539. The lowest BCUT2D eigenvalue weighted by Gasteiger charge is -2.27. The second kappa shape index (κ2) is 6.61. The van der Waals surface area contributed by atoms with Crippen molar-refractivity contribution in [3.63, 3.8) is 0 Å². The van der Waals surface area contributed by atoms with E-state index in [4.69, 9.17) is 0 Å². The number of nitrogens with zero attached hydrogens (tertiary/aromatic N) is 1. The van der Waals surface area contributed by atoms with Gasteiger partial charge in [0.1, 0.15) is 0 Å². The highest BCUT2D eigenvalue weighted by Gasteiger charge is 2.30. The summed E-state index contributed by atoms with van der Waals surface area (Å²) in [5.41, 5.74) is 0. The molecule has 0 aromatic carbocycles. The molecule has 18 heavy (non-hydrogen) atoms. The van der Waals surface area contributed by atoms with Crippen LogP contribution in [0.5, 0.6) is 0 Å². The zero-order chi connectivity index (χ0) is 13.7. The highest BCUT2D eigenvalue weighted by molar-refractivity contribution is 5.84. The Labute approximate surface area is 109 Å². The summed E-state index contributed by atoms with van der Waals surface area (Å²) in [6.07, 6.45) is 2.11. The van der Waals surface area contributed by atoms with E-state index >= 15 is 0 Å². The fourth-order valence-electron chi connectivity index (χ4n) is 2.37. The predicted octanol–water partition coefficient (Wildman–Crippen LogP) is 1.34. The molecule has 1 aliphatic heterocycles. The number of hydrogen-bond donors (Lipinski definition) is 2. The van der Waals surface area contributed by atoms with Gasteiger partial charge in [0.05, 0.1) is 6.54 Å². The maximum absolute atomic E-state index is 12.0. The summed E-state index contributed by atoms with van der Waals surface area (Å²) in [7, 11) is 0. The van der Waals surface area contributed by atoms with Crippen molar-refractivity contribution < 1.29 is 9.59 Å². The molecule has 0 radical (unpaired) electrons. The molecule has 2 N–H and O–H groups in total. The molecule has 1 heterocycles. The van der Waals surface area contributed by atoms with Crippen molar-refractivity contribution in [2.24, 2.45) is 5.92 Å². The normalized spacial score (nSPS) is 19.4. The molecular weight excluding hydrogens is 230 g/mol. The molecule has 0 spiro atoms. The minimum Gasteiger partial charge on any atom is -0.352 e. The number of carbonyl (C=O) groups excluding carboxylic acids is 2. The van der Waals surface area contributed by atoms with Crippen molar-refractivity contribution in [1.29, 1.82) is 0 Å². The quantitative estimate of drug-likeness (QED) is 0.796. The van der Waals surface area contributed by atoms with Crippen LogP contribution in [-0.4, -0.2) is 42.0 Å². The largest absolute Gasteiger partial charge is 0.352 e. The molecule has 1 unspecified atom stereocenters. The van der Waals surface area contributed by atoms with Gasteiger partial charge in [0.2, 0.25) is 5.91 Å². The van der Waals surface area contributed by atoms with Crippen LogP contribution in [-0.2, 0) is 4.79 Å². The van der Waals surface area contributed by atoms with Crippen molar-refractivity contribution in [2.75, 3.05) is 13.1 Å². The van der Waals surface area contributed by atoms with Gasteiger partial charge in [-0.1, -0.05) is 13.8 Å². The van der Waals surface area contributed by atoms with Gasteiger partial charge in [-0.2, -0.15) is 0 Å². The van der Waals surface area contributed by atoms with Crippen LogP contribution in [0.15, 0.2) is 0 Å². The number of urea groups is 1. The van der Waals surface area contributed by atoms with Gasteiger partial charge in [-0.15, -0.1) is 0 Å². The third-order valence-electron chi connectivity index (χ3n) is 3.18. The van der Waals surface area contributed by atoms with Crippen LogP contribution in [0.4, 0.5) is 4.79 Å². The van der Waals surface area contributed by atoms with Crippen LogP contribution < -0.4 is 10.6 Å². The van der Waals surface area contributed by atoms with Crippen molar-refractivity contribution in [2.45, 2.75) is 52.6 Å².